The highest BCUT2D eigenvalue weighted by atomic mass is 16.5. The molecule has 7 heteroatoms. The molecule has 1 atom stereocenters. The van der Waals surface area contributed by atoms with Crippen LogP contribution in [0.25, 0.3) is 5.57 Å². The first-order chi connectivity index (χ1) is 15.0. The summed E-state index contributed by atoms with van der Waals surface area (Å²) in [5.41, 5.74) is 4.31. The molecule has 2 aromatic carbocycles. The van der Waals surface area contributed by atoms with Crippen LogP contribution in [0.4, 0.5) is 0 Å². The summed E-state index contributed by atoms with van der Waals surface area (Å²) in [7, 11) is 6.19. The molecule has 0 saturated heterocycles. The van der Waals surface area contributed by atoms with E-state index < -0.39 is 6.10 Å². The lowest BCUT2D eigenvalue weighted by Crippen LogP contribution is -2.13. The van der Waals surface area contributed by atoms with E-state index in [4.69, 9.17) is 18.9 Å². The fourth-order valence-corrected chi connectivity index (χ4v) is 4.20. The second-order valence-electron chi connectivity index (χ2n) is 7.43. The lowest BCUT2D eigenvalue weighted by Gasteiger charge is -2.21. The van der Waals surface area contributed by atoms with Crippen LogP contribution >= 0.6 is 0 Å². The number of hydrogen-bond acceptors (Lipinski definition) is 7. The number of benzene rings is 2. The van der Waals surface area contributed by atoms with E-state index in [1.165, 1.54) is 7.11 Å². The van der Waals surface area contributed by atoms with Crippen molar-refractivity contribution in [2.24, 2.45) is 0 Å². The van der Waals surface area contributed by atoms with Crippen LogP contribution in [-0.4, -0.2) is 56.5 Å². The van der Waals surface area contributed by atoms with Crippen molar-refractivity contribution in [3.05, 3.63) is 46.5 Å². The lowest BCUT2D eigenvalue weighted by molar-refractivity contribution is 0.0949. The molecular formula is C24H30O7. The predicted octanol–water partition coefficient (Wildman–Crippen LogP) is 3.31. The summed E-state index contributed by atoms with van der Waals surface area (Å²) in [6, 6.07) is 7.37. The molecule has 2 aromatic rings. The Morgan fingerprint density at radius 1 is 0.903 bits per heavy atom. The molecule has 0 heterocycles. The van der Waals surface area contributed by atoms with Crippen LogP contribution in [0.15, 0.2) is 29.8 Å². The van der Waals surface area contributed by atoms with Gasteiger partial charge in [-0.1, -0.05) is 11.6 Å². The van der Waals surface area contributed by atoms with Gasteiger partial charge in [0.2, 0.25) is 5.75 Å². The average Bonchev–Trinajstić information content (AvgIpc) is 2.97. The molecule has 168 valence electrons. The second-order valence-corrected chi connectivity index (χ2v) is 7.43. The molecule has 0 amide bonds. The van der Waals surface area contributed by atoms with E-state index in [0.29, 0.717) is 42.3 Å². The summed E-state index contributed by atoms with van der Waals surface area (Å²) >= 11 is 0. The van der Waals surface area contributed by atoms with E-state index in [0.717, 1.165) is 34.3 Å². The number of aliphatic hydroxyl groups is 2. The highest BCUT2D eigenvalue weighted by molar-refractivity contribution is 5.87. The molecule has 0 spiro atoms. The van der Waals surface area contributed by atoms with Gasteiger partial charge in [-0.15, -0.1) is 0 Å². The summed E-state index contributed by atoms with van der Waals surface area (Å²) in [5, 5.41) is 30.5. The zero-order valence-corrected chi connectivity index (χ0v) is 18.4. The van der Waals surface area contributed by atoms with Crippen LogP contribution < -0.4 is 18.9 Å². The summed E-state index contributed by atoms with van der Waals surface area (Å²) in [6.45, 7) is -0.327. The van der Waals surface area contributed by atoms with Crippen LogP contribution in [-0.2, 0) is 6.42 Å². The Balaban J connectivity index is 2.32. The fourth-order valence-electron chi connectivity index (χ4n) is 4.20. The Kier molecular flexibility index (Phi) is 7.30. The van der Waals surface area contributed by atoms with Crippen molar-refractivity contribution >= 4 is 5.57 Å². The molecule has 1 aliphatic carbocycles. The van der Waals surface area contributed by atoms with Crippen LogP contribution in [0, 0.1) is 0 Å². The highest BCUT2D eigenvalue weighted by Gasteiger charge is 2.26. The van der Waals surface area contributed by atoms with Gasteiger partial charge in [0, 0.05) is 5.56 Å². The molecular weight excluding hydrogens is 400 g/mol. The number of ether oxygens (including phenoxy) is 4. The summed E-state index contributed by atoms with van der Waals surface area (Å²) < 4.78 is 21.8. The normalized spacial score (nSPS) is 14.5. The van der Waals surface area contributed by atoms with E-state index in [2.05, 4.69) is 0 Å². The molecule has 0 bridgehead atoms. The number of methoxy groups -OCH3 is 4. The average molecular weight is 430 g/mol. The van der Waals surface area contributed by atoms with Crippen molar-refractivity contribution in [1.82, 2.24) is 0 Å². The Labute approximate surface area is 182 Å². The molecule has 7 nitrogen and oxygen atoms in total. The number of aromatic hydroxyl groups is 1. The van der Waals surface area contributed by atoms with Gasteiger partial charge in [0.05, 0.1) is 41.2 Å². The van der Waals surface area contributed by atoms with Crippen molar-refractivity contribution in [3.8, 4) is 28.7 Å². The summed E-state index contributed by atoms with van der Waals surface area (Å²) in [5.74, 6) is 2.04. The maximum Gasteiger partial charge on any atom is 0.203 e. The minimum Gasteiger partial charge on any atom is -0.504 e. The Hall–Kier alpha value is -2.90. The third kappa shape index (κ3) is 4.43. The first-order valence-corrected chi connectivity index (χ1v) is 10.2. The second kappa shape index (κ2) is 9.94. The van der Waals surface area contributed by atoms with Crippen molar-refractivity contribution in [2.75, 3.05) is 35.0 Å². The molecule has 0 saturated carbocycles. The van der Waals surface area contributed by atoms with Crippen LogP contribution in [0.5, 0.6) is 28.7 Å². The van der Waals surface area contributed by atoms with E-state index >= 15 is 0 Å². The van der Waals surface area contributed by atoms with Gasteiger partial charge in [-0.05, 0) is 60.6 Å². The largest absolute Gasteiger partial charge is 0.504 e. The van der Waals surface area contributed by atoms with E-state index in [1.807, 2.05) is 18.2 Å². The van der Waals surface area contributed by atoms with Crippen LogP contribution in [0.2, 0.25) is 0 Å². The standard InChI is InChI=1S/C24H30O7/c1-28-19-9-8-17-18(23(19)27)7-5-6-14(10-16(26)13-25)22(17)15-11-20(29-2)24(31-4)21(12-15)30-3/h8-9,11-12,16,25-27H,5-7,10,13H2,1-4H3. The summed E-state index contributed by atoms with van der Waals surface area (Å²) in [4.78, 5) is 0. The third-order valence-electron chi connectivity index (χ3n) is 5.64. The maximum absolute atomic E-state index is 10.8. The fraction of sp³-hybridized carbons (Fsp3) is 0.417. The maximum atomic E-state index is 10.8. The monoisotopic (exact) mass is 430 g/mol. The molecule has 3 N–H and O–H groups in total. The number of hydrogen-bond donors (Lipinski definition) is 3. The Morgan fingerprint density at radius 2 is 1.55 bits per heavy atom. The molecule has 1 aliphatic rings. The quantitative estimate of drug-likeness (QED) is 0.591. The van der Waals surface area contributed by atoms with E-state index in [9.17, 15) is 15.3 Å². The molecule has 1 unspecified atom stereocenters. The van der Waals surface area contributed by atoms with Crippen molar-refractivity contribution < 1.29 is 34.3 Å². The topological polar surface area (TPSA) is 97.6 Å². The van der Waals surface area contributed by atoms with Gasteiger partial charge in [0.25, 0.3) is 0 Å². The van der Waals surface area contributed by atoms with Gasteiger partial charge in [0.1, 0.15) is 0 Å². The van der Waals surface area contributed by atoms with Crippen LogP contribution in [0.3, 0.4) is 0 Å². The van der Waals surface area contributed by atoms with Crippen molar-refractivity contribution in [2.45, 2.75) is 31.8 Å². The lowest BCUT2D eigenvalue weighted by atomic mass is 9.88. The van der Waals surface area contributed by atoms with Gasteiger partial charge in [-0.25, -0.2) is 0 Å². The SMILES string of the molecule is COc1ccc2c(c1O)CCCC(CC(O)CO)=C2c1cc(OC)c(OC)c(OC)c1. The first-order valence-electron chi connectivity index (χ1n) is 10.2. The van der Waals surface area contributed by atoms with Crippen molar-refractivity contribution in [3.63, 3.8) is 0 Å². The summed E-state index contributed by atoms with van der Waals surface area (Å²) in [6.07, 6.45) is 1.59. The van der Waals surface area contributed by atoms with Gasteiger partial charge < -0.3 is 34.3 Å². The molecule has 3 rings (SSSR count). The molecule has 0 aromatic heterocycles. The Morgan fingerprint density at radius 3 is 2.10 bits per heavy atom. The number of aliphatic hydroxyl groups excluding tert-OH is 2. The van der Waals surface area contributed by atoms with Crippen molar-refractivity contribution in [1.29, 1.82) is 0 Å². The molecule has 0 aliphatic heterocycles. The number of phenols is 1. The van der Waals surface area contributed by atoms with E-state index in [1.54, 1.807) is 27.4 Å². The minimum absolute atomic E-state index is 0.119. The van der Waals surface area contributed by atoms with E-state index in [-0.39, 0.29) is 12.4 Å². The Bertz CT molecular complexity index is 940. The third-order valence-corrected chi connectivity index (χ3v) is 5.64. The smallest absolute Gasteiger partial charge is 0.203 e. The zero-order valence-electron chi connectivity index (χ0n) is 18.4. The number of rotatable bonds is 8. The van der Waals surface area contributed by atoms with Gasteiger partial charge in [-0.2, -0.15) is 0 Å². The minimum atomic E-state index is -0.875. The molecule has 0 radical (unpaired) electrons. The number of phenolic OH excluding ortho intramolecular Hbond substituents is 1. The zero-order chi connectivity index (χ0) is 22.5. The van der Waals surface area contributed by atoms with Gasteiger partial charge in [-0.3, -0.25) is 0 Å². The highest BCUT2D eigenvalue weighted by Crippen LogP contribution is 2.46. The number of fused-ring (bicyclic) bond motifs is 1. The van der Waals surface area contributed by atoms with Crippen LogP contribution in [0.1, 0.15) is 36.0 Å². The first kappa shape index (κ1) is 22.8. The van der Waals surface area contributed by atoms with Gasteiger partial charge in [0.15, 0.2) is 23.0 Å². The molecule has 0 fully saturated rings. The molecule has 31 heavy (non-hydrogen) atoms. The van der Waals surface area contributed by atoms with Gasteiger partial charge >= 0.3 is 0 Å². The predicted molar refractivity (Wildman–Crippen MR) is 117 cm³/mol.